The van der Waals surface area contributed by atoms with Crippen molar-refractivity contribution in [2.45, 2.75) is 56.7 Å². The van der Waals surface area contributed by atoms with Crippen molar-refractivity contribution in [1.82, 2.24) is 25.7 Å². The summed E-state index contributed by atoms with van der Waals surface area (Å²) in [4.78, 5) is 30.6. The summed E-state index contributed by atoms with van der Waals surface area (Å²) in [7, 11) is -3.64. The minimum Gasteiger partial charge on any atom is -0.378 e. The molecule has 3 amide bonds. The number of carbonyl (C=O) groups is 2. The summed E-state index contributed by atoms with van der Waals surface area (Å²) in [6, 6.07) is -2.64. The summed E-state index contributed by atoms with van der Waals surface area (Å²) in [5, 5.41) is 8.50. The van der Waals surface area contributed by atoms with E-state index in [-0.39, 0.29) is 17.5 Å². The topological polar surface area (TPSA) is 156 Å². The van der Waals surface area contributed by atoms with Crippen molar-refractivity contribution in [1.29, 1.82) is 0 Å². The number of rotatable bonds is 10. The van der Waals surface area contributed by atoms with Gasteiger partial charge in [0.05, 0.1) is 30.8 Å². The predicted molar refractivity (Wildman–Crippen MR) is 115 cm³/mol. The molecule has 1 aromatic heterocycles. The molecule has 3 heterocycles. The fourth-order valence-corrected chi connectivity index (χ4v) is 5.89. The minimum atomic E-state index is -4.80. The summed E-state index contributed by atoms with van der Waals surface area (Å²) in [6.45, 7) is 2.97. The van der Waals surface area contributed by atoms with Crippen LogP contribution in [0.3, 0.4) is 0 Å². The van der Waals surface area contributed by atoms with Crippen molar-refractivity contribution in [3.05, 3.63) is 11.7 Å². The summed E-state index contributed by atoms with van der Waals surface area (Å²) in [6.07, 6.45) is -4.53. The summed E-state index contributed by atoms with van der Waals surface area (Å²) in [5.74, 6) is -3.11. The standard InChI is InChI=1S/C20H28F3N5O7S/c1-2-12(14-15(34-14)16-26-18(35-27-16)20(21,22)23)24-17(29)13(10-36(31,32)9-11-3-4-11)25-19(30)28-5-7-33-8-6-28/h11-15H,2-10H2,1H3,(H,24,29)(H,25,30)/t12-,13-,14?,15?/m0/s1. The molecule has 16 heteroatoms. The lowest BCUT2D eigenvalue weighted by molar-refractivity contribution is -0.159. The molecule has 2 saturated heterocycles. The Balaban J connectivity index is 1.41. The Morgan fingerprint density at radius 2 is 1.89 bits per heavy atom. The van der Waals surface area contributed by atoms with Crippen LogP contribution in [-0.2, 0) is 30.3 Å². The van der Waals surface area contributed by atoms with E-state index in [2.05, 4.69) is 25.3 Å². The second kappa shape index (κ2) is 10.5. The number of amides is 3. The molecular weight excluding hydrogens is 511 g/mol. The van der Waals surface area contributed by atoms with E-state index in [9.17, 15) is 31.2 Å². The zero-order valence-electron chi connectivity index (χ0n) is 19.5. The van der Waals surface area contributed by atoms with E-state index in [0.717, 1.165) is 12.8 Å². The average molecular weight is 540 g/mol. The van der Waals surface area contributed by atoms with E-state index in [1.807, 2.05) is 0 Å². The molecule has 0 aromatic carbocycles. The van der Waals surface area contributed by atoms with Gasteiger partial charge in [0.15, 0.2) is 9.84 Å². The van der Waals surface area contributed by atoms with Crippen LogP contribution in [0.25, 0.3) is 0 Å². The molecule has 1 saturated carbocycles. The van der Waals surface area contributed by atoms with Crippen LogP contribution in [0.15, 0.2) is 4.52 Å². The second-order valence-electron chi connectivity index (χ2n) is 9.12. The number of alkyl halides is 3. The third-order valence-corrected chi connectivity index (χ3v) is 7.97. The molecule has 36 heavy (non-hydrogen) atoms. The normalized spacial score (nSPS) is 24.2. The number of carbonyl (C=O) groups excluding carboxylic acids is 2. The number of urea groups is 1. The van der Waals surface area contributed by atoms with Gasteiger partial charge in [-0.05, 0) is 25.2 Å². The number of hydrogen-bond donors (Lipinski definition) is 2. The molecule has 2 aliphatic heterocycles. The number of halogens is 3. The van der Waals surface area contributed by atoms with Gasteiger partial charge in [0.25, 0.3) is 0 Å². The lowest BCUT2D eigenvalue weighted by Crippen LogP contribution is -2.57. The van der Waals surface area contributed by atoms with E-state index in [1.165, 1.54) is 4.90 Å². The highest BCUT2D eigenvalue weighted by atomic mass is 32.2. The van der Waals surface area contributed by atoms with Crippen LogP contribution in [0.5, 0.6) is 0 Å². The number of ether oxygens (including phenoxy) is 2. The van der Waals surface area contributed by atoms with Crippen LogP contribution in [0.1, 0.15) is 44.0 Å². The zero-order chi connectivity index (χ0) is 26.1. The molecule has 2 N–H and O–H groups in total. The molecule has 0 bridgehead atoms. The maximum atomic E-state index is 13.1. The van der Waals surface area contributed by atoms with Crippen LogP contribution in [0.2, 0.25) is 0 Å². The Bertz CT molecular complexity index is 1060. The van der Waals surface area contributed by atoms with E-state index in [4.69, 9.17) is 9.47 Å². The van der Waals surface area contributed by atoms with Crippen molar-refractivity contribution in [3.63, 3.8) is 0 Å². The molecule has 0 spiro atoms. The molecule has 1 aliphatic carbocycles. The monoisotopic (exact) mass is 539 g/mol. The van der Waals surface area contributed by atoms with Crippen molar-refractivity contribution < 1.29 is 45.2 Å². The SMILES string of the molecule is CC[C@H](NC(=O)[C@H](CS(=O)(=O)CC1CC1)NC(=O)N1CCOCC1)C1OC1c1noc(C(F)(F)F)n1. The van der Waals surface area contributed by atoms with Crippen molar-refractivity contribution in [2.24, 2.45) is 5.92 Å². The van der Waals surface area contributed by atoms with Gasteiger partial charge in [0.2, 0.25) is 11.7 Å². The average Bonchev–Trinajstić information content (AvgIpc) is 3.74. The van der Waals surface area contributed by atoms with E-state index >= 15 is 0 Å². The first-order chi connectivity index (χ1) is 17.0. The minimum absolute atomic E-state index is 0.0609. The number of sulfone groups is 1. The van der Waals surface area contributed by atoms with Gasteiger partial charge in [-0.15, -0.1) is 0 Å². The second-order valence-corrected chi connectivity index (χ2v) is 11.3. The van der Waals surface area contributed by atoms with Crippen LogP contribution < -0.4 is 10.6 Å². The summed E-state index contributed by atoms with van der Waals surface area (Å²) in [5.41, 5.74) is 0. The maximum absolute atomic E-state index is 13.1. The Morgan fingerprint density at radius 3 is 2.47 bits per heavy atom. The van der Waals surface area contributed by atoms with Gasteiger partial charge < -0.3 is 29.5 Å². The molecular formula is C20H28F3N5O7S. The first-order valence-electron chi connectivity index (χ1n) is 11.7. The lowest BCUT2D eigenvalue weighted by atomic mass is 10.1. The fourth-order valence-electron chi connectivity index (χ4n) is 3.96. The highest BCUT2D eigenvalue weighted by molar-refractivity contribution is 7.91. The Hall–Kier alpha value is -2.46. The van der Waals surface area contributed by atoms with E-state index in [1.54, 1.807) is 6.92 Å². The first-order valence-corrected chi connectivity index (χ1v) is 13.5. The Kier molecular flexibility index (Phi) is 7.75. The van der Waals surface area contributed by atoms with Gasteiger partial charge in [-0.2, -0.15) is 18.2 Å². The first kappa shape index (κ1) is 26.6. The van der Waals surface area contributed by atoms with Gasteiger partial charge in [0.1, 0.15) is 18.2 Å². The molecule has 4 atom stereocenters. The summed E-state index contributed by atoms with van der Waals surface area (Å²) < 4.78 is 78.4. The smallest absolute Gasteiger partial charge is 0.378 e. The third kappa shape index (κ3) is 6.85. The molecule has 1 aromatic rings. The predicted octanol–water partition coefficient (Wildman–Crippen LogP) is 0.658. The summed E-state index contributed by atoms with van der Waals surface area (Å²) >= 11 is 0. The highest BCUT2D eigenvalue weighted by Crippen LogP contribution is 2.41. The zero-order valence-corrected chi connectivity index (χ0v) is 20.3. The Morgan fingerprint density at radius 1 is 1.19 bits per heavy atom. The quantitative estimate of drug-likeness (QED) is 0.408. The molecule has 0 radical (unpaired) electrons. The van der Waals surface area contributed by atoms with Gasteiger partial charge >= 0.3 is 18.1 Å². The largest absolute Gasteiger partial charge is 0.471 e. The number of hydrogen-bond acceptors (Lipinski definition) is 9. The number of aromatic nitrogens is 2. The number of nitrogens with one attached hydrogen (secondary N) is 2. The molecule has 3 aliphatic rings. The van der Waals surface area contributed by atoms with Gasteiger partial charge in [0, 0.05) is 13.1 Å². The number of morpholine rings is 1. The fraction of sp³-hybridized carbons (Fsp3) is 0.800. The molecule has 12 nitrogen and oxygen atoms in total. The lowest BCUT2D eigenvalue weighted by Gasteiger charge is -2.29. The molecule has 202 valence electrons. The van der Waals surface area contributed by atoms with Crippen molar-refractivity contribution in [2.75, 3.05) is 37.8 Å². The molecule has 2 unspecified atom stereocenters. The van der Waals surface area contributed by atoms with Crippen LogP contribution in [0.4, 0.5) is 18.0 Å². The van der Waals surface area contributed by atoms with E-state index < -0.39 is 63.9 Å². The van der Waals surface area contributed by atoms with Gasteiger partial charge in [-0.3, -0.25) is 4.79 Å². The van der Waals surface area contributed by atoms with Crippen LogP contribution >= 0.6 is 0 Å². The van der Waals surface area contributed by atoms with Crippen molar-refractivity contribution in [3.8, 4) is 0 Å². The number of nitrogens with zero attached hydrogens (tertiary/aromatic N) is 3. The molecule has 4 rings (SSSR count). The van der Waals surface area contributed by atoms with Crippen LogP contribution in [0, 0.1) is 5.92 Å². The van der Waals surface area contributed by atoms with Gasteiger partial charge in [-0.1, -0.05) is 12.1 Å². The van der Waals surface area contributed by atoms with Crippen molar-refractivity contribution >= 4 is 21.8 Å². The third-order valence-electron chi connectivity index (χ3n) is 6.15. The van der Waals surface area contributed by atoms with Gasteiger partial charge in [-0.25, -0.2) is 13.2 Å². The highest BCUT2D eigenvalue weighted by Gasteiger charge is 2.51. The number of epoxide rings is 1. The van der Waals surface area contributed by atoms with Crippen LogP contribution in [-0.4, -0.2) is 91.4 Å². The maximum Gasteiger partial charge on any atom is 0.471 e. The Labute approximate surface area is 205 Å². The van der Waals surface area contributed by atoms with E-state index in [0.29, 0.717) is 32.7 Å². The molecule has 3 fully saturated rings.